The molecule has 4 N–H and O–H groups in total. The third kappa shape index (κ3) is 3.95. The van der Waals surface area contributed by atoms with Gasteiger partial charge in [-0.15, -0.1) is 11.8 Å². The number of hydrogen-bond donors (Lipinski definition) is 3. The van der Waals surface area contributed by atoms with E-state index in [0.717, 1.165) is 22.0 Å². The summed E-state index contributed by atoms with van der Waals surface area (Å²) in [6.45, 7) is 0.571. The summed E-state index contributed by atoms with van der Waals surface area (Å²) < 4.78 is 5.83. The number of anilines is 5. The molecule has 4 rings (SSSR count). The second kappa shape index (κ2) is 7.31. The topological polar surface area (TPSA) is 85.1 Å². The number of hydrogen-bond acceptors (Lipinski definition) is 7. The van der Waals surface area contributed by atoms with Crippen molar-refractivity contribution in [3.05, 3.63) is 53.7 Å². The van der Waals surface area contributed by atoms with Gasteiger partial charge in [0.25, 0.3) is 0 Å². The standard InChI is InChI=1S/C18H16ClN5OS/c19-16-10-21-18-23-13-6-11(20)7-14(8-13)25-4-5-26-15-3-1-2-12(9-15)22-17(16)24-18/h1-3,6-10H,4-5,20H2,(H2,21,22,23,24). The summed E-state index contributed by atoms with van der Waals surface area (Å²) in [6, 6.07) is 13.5. The number of fused-ring (bicyclic) bond motifs is 6. The Balaban J connectivity index is 1.75. The first kappa shape index (κ1) is 16.8. The molecule has 6 bridgehead atoms. The highest BCUT2D eigenvalue weighted by Crippen LogP contribution is 2.30. The van der Waals surface area contributed by atoms with Gasteiger partial charge >= 0.3 is 0 Å². The minimum absolute atomic E-state index is 0.411. The van der Waals surface area contributed by atoms with E-state index in [2.05, 4.69) is 26.7 Å². The summed E-state index contributed by atoms with van der Waals surface area (Å²) in [4.78, 5) is 9.83. The molecule has 0 spiro atoms. The smallest absolute Gasteiger partial charge is 0.229 e. The van der Waals surface area contributed by atoms with Crippen molar-refractivity contribution in [2.45, 2.75) is 4.90 Å². The first-order valence-electron chi connectivity index (χ1n) is 7.98. The van der Waals surface area contributed by atoms with Crippen LogP contribution >= 0.6 is 23.4 Å². The fraction of sp³-hybridized carbons (Fsp3) is 0.111. The minimum Gasteiger partial charge on any atom is -0.493 e. The lowest BCUT2D eigenvalue weighted by Gasteiger charge is -2.11. The second-order valence-electron chi connectivity index (χ2n) is 5.66. The van der Waals surface area contributed by atoms with E-state index in [9.17, 15) is 0 Å². The molecule has 0 saturated carbocycles. The molecule has 0 radical (unpaired) electrons. The number of benzene rings is 2. The number of aromatic nitrogens is 2. The third-order valence-corrected chi connectivity index (χ3v) is 4.88. The molecule has 8 heteroatoms. The van der Waals surface area contributed by atoms with Crippen LogP contribution in [0.3, 0.4) is 0 Å². The Morgan fingerprint density at radius 3 is 2.96 bits per heavy atom. The number of rotatable bonds is 0. The summed E-state index contributed by atoms with van der Waals surface area (Å²) in [5.74, 6) is 2.45. The maximum absolute atomic E-state index is 6.25. The summed E-state index contributed by atoms with van der Waals surface area (Å²) in [6.07, 6.45) is 1.56. The molecule has 1 aliphatic heterocycles. The number of thioether (sulfide) groups is 1. The molecular weight excluding hydrogens is 370 g/mol. The van der Waals surface area contributed by atoms with Gasteiger partial charge in [0.05, 0.1) is 12.8 Å². The van der Waals surface area contributed by atoms with E-state index >= 15 is 0 Å². The average Bonchev–Trinajstić information content (AvgIpc) is 2.61. The molecule has 26 heavy (non-hydrogen) atoms. The van der Waals surface area contributed by atoms with Crippen molar-refractivity contribution in [3.63, 3.8) is 0 Å². The van der Waals surface area contributed by atoms with Crippen LogP contribution in [0, 0.1) is 0 Å². The molecule has 0 unspecified atom stereocenters. The lowest BCUT2D eigenvalue weighted by atomic mass is 10.2. The molecule has 0 saturated heterocycles. The molecule has 2 aromatic carbocycles. The lowest BCUT2D eigenvalue weighted by Crippen LogP contribution is -2.03. The molecule has 1 aromatic heterocycles. The Morgan fingerprint density at radius 2 is 2.04 bits per heavy atom. The van der Waals surface area contributed by atoms with Gasteiger partial charge in [-0.25, -0.2) is 4.98 Å². The first-order chi connectivity index (χ1) is 12.7. The average molecular weight is 386 g/mol. The molecule has 132 valence electrons. The number of nitrogen functional groups attached to an aromatic ring is 1. The molecule has 0 aliphatic carbocycles. The molecular formula is C18H16ClN5OS. The van der Waals surface area contributed by atoms with Crippen LogP contribution in [-0.4, -0.2) is 22.3 Å². The van der Waals surface area contributed by atoms with E-state index in [1.54, 1.807) is 30.1 Å². The zero-order valence-corrected chi connectivity index (χ0v) is 15.3. The van der Waals surface area contributed by atoms with E-state index in [0.29, 0.717) is 34.8 Å². The Kier molecular flexibility index (Phi) is 4.73. The highest BCUT2D eigenvalue weighted by atomic mass is 35.5. The largest absolute Gasteiger partial charge is 0.493 e. The van der Waals surface area contributed by atoms with E-state index in [1.807, 2.05) is 24.3 Å². The molecule has 6 nitrogen and oxygen atoms in total. The van der Waals surface area contributed by atoms with Gasteiger partial charge in [0.2, 0.25) is 5.95 Å². The Hall–Kier alpha value is -2.64. The normalized spacial score (nSPS) is 13.4. The predicted octanol–water partition coefficient (Wildman–Crippen LogP) is 4.68. The maximum atomic E-state index is 6.25. The summed E-state index contributed by atoms with van der Waals surface area (Å²) in [5, 5.41) is 6.83. The zero-order chi connectivity index (χ0) is 17.9. The fourth-order valence-corrected chi connectivity index (χ4v) is 3.47. The summed E-state index contributed by atoms with van der Waals surface area (Å²) >= 11 is 7.96. The Morgan fingerprint density at radius 1 is 1.12 bits per heavy atom. The van der Waals surface area contributed by atoms with Crippen molar-refractivity contribution in [2.24, 2.45) is 0 Å². The van der Waals surface area contributed by atoms with Crippen molar-refractivity contribution in [1.82, 2.24) is 9.97 Å². The van der Waals surface area contributed by atoms with Crippen molar-refractivity contribution < 1.29 is 4.74 Å². The maximum Gasteiger partial charge on any atom is 0.229 e. The molecule has 3 aromatic rings. The van der Waals surface area contributed by atoms with Gasteiger partial charge in [-0.1, -0.05) is 17.7 Å². The summed E-state index contributed by atoms with van der Waals surface area (Å²) in [7, 11) is 0. The predicted molar refractivity (Wildman–Crippen MR) is 107 cm³/mol. The van der Waals surface area contributed by atoms with Crippen LogP contribution in [0.5, 0.6) is 5.75 Å². The van der Waals surface area contributed by atoms with Gasteiger partial charge in [0.15, 0.2) is 5.82 Å². The highest BCUT2D eigenvalue weighted by Gasteiger charge is 2.09. The van der Waals surface area contributed by atoms with Crippen LogP contribution in [0.2, 0.25) is 5.02 Å². The van der Waals surface area contributed by atoms with Crippen LogP contribution in [0.4, 0.5) is 28.8 Å². The molecule has 2 heterocycles. The number of halogens is 1. The van der Waals surface area contributed by atoms with Crippen molar-refractivity contribution in [3.8, 4) is 5.75 Å². The monoisotopic (exact) mass is 385 g/mol. The highest BCUT2D eigenvalue weighted by molar-refractivity contribution is 7.99. The van der Waals surface area contributed by atoms with Crippen LogP contribution in [0.25, 0.3) is 0 Å². The SMILES string of the molecule is Nc1cc2cc(c1)OCCSc1cccc(c1)Nc1nc(ncc1Cl)N2. The quantitative estimate of drug-likeness (QED) is 0.484. The van der Waals surface area contributed by atoms with Gasteiger partial charge in [-0.05, 0) is 24.3 Å². The molecule has 1 aliphatic rings. The number of nitrogens with two attached hydrogens (primary N) is 1. The van der Waals surface area contributed by atoms with Crippen LogP contribution in [-0.2, 0) is 0 Å². The Labute approximate surface area is 160 Å². The molecule has 0 atom stereocenters. The fourth-order valence-electron chi connectivity index (χ4n) is 2.54. The lowest BCUT2D eigenvalue weighted by molar-refractivity contribution is 0.344. The van der Waals surface area contributed by atoms with Crippen LogP contribution in [0.15, 0.2) is 53.6 Å². The summed E-state index contributed by atoms with van der Waals surface area (Å²) in [5.41, 5.74) is 8.23. The van der Waals surface area contributed by atoms with Crippen molar-refractivity contribution in [1.29, 1.82) is 0 Å². The van der Waals surface area contributed by atoms with E-state index in [4.69, 9.17) is 22.1 Å². The van der Waals surface area contributed by atoms with Gasteiger partial charge in [-0.2, -0.15) is 4.98 Å². The minimum atomic E-state index is 0.411. The number of nitrogens with zero attached hydrogens (tertiary/aromatic N) is 2. The van der Waals surface area contributed by atoms with E-state index in [-0.39, 0.29) is 0 Å². The third-order valence-electron chi connectivity index (χ3n) is 3.65. The van der Waals surface area contributed by atoms with Gasteiger partial charge in [-0.3, -0.25) is 0 Å². The molecule has 0 amide bonds. The van der Waals surface area contributed by atoms with Crippen molar-refractivity contribution >= 4 is 52.2 Å². The van der Waals surface area contributed by atoms with E-state index in [1.165, 1.54) is 0 Å². The number of ether oxygens (including phenoxy) is 1. The zero-order valence-electron chi connectivity index (χ0n) is 13.7. The van der Waals surface area contributed by atoms with Crippen LogP contribution < -0.4 is 21.1 Å². The van der Waals surface area contributed by atoms with Gasteiger partial charge in [0, 0.05) is 39.8 Å². The number of nitrogens with one attached hydrogen (secondary N) is 2. The Bertz CT molecular complexity index is 953. The van der Waals surface area contributed by atoms with Crippen LogP contribution in [0.1, 0.15) is 0 Å². The molecule has 0 fully saturated rings. The van der Waals surface area contributed by atoms with E-state index < -0.39 is 0 Å². The van der Waals surface area contributed by atoms with Gasteiger partial charge in [0.1, 0.15) is 10.8 Å². The first-order valence-corrected chi connectivity index (χ1v) is 9.35. The second-order valence-corrected chi connectivity index (χ2v) is 7.23. The van der Waals surface area contributed by atoms with Gasteiger partial charge < -0.3 is 21.1 Å². The van der Waals surface area contributed by atoms with Crippen molar-refractivity contribution in [2.75, 3.05) is 28.7 Å².